The van der Waals surface area contributed by atoms with Gasteiger partial charge in [-0.05, 0) is 50.3 Å². The van der Waals surface area contributed by atoms with Gasteiger partial charge in [-0.2, -0.15) is 0 Å². The Morgan fingerprint density at radius 3 is 2.65 bits per heavy atom. The van der Waals surface area contributed by atoms with Crippen LogP contribution in [-0.4, -0.2) is 42.9 Å². The Morgan fingerprint density at radius 1 is 1.15 bits per heavy atom. The topological polar surface area (TPSA) is 52.7 Å². The summed E-state index contributed by atoms with van der Waals surface area (Å²) in [5.74, 6) is -0.0502. The quantitative estimate of drug-likeness (QED) is 0.865. The minimum atomic E-state index is -0.160. The highest BCUT2D eigenvalue weighted by atomic mass is 35.5. The van der Waals surface area contributed by atoms with Gasteiger partial charge in [0.2, 0.25) is 11.8 Å². The van der Waals surface area contributed by atoms with E-state index in [4.69, 9.17) is 11.6 Å². The van der Waals surface area contributed by atoms with E-state index in [0.29, 0.717) is 18.0 Å². The van der Waals surface area contributed by atoms with Crippen molar-refractivity contribution in [3.05, 3.63) is 23.2 Å². The van der Waals surface area contributed by atoms with Gasteiger partial charge >= 0.3 is 0 Å². The first kappa shape index (κ1) is 19.0. The molecule has 1 aromatic rings. The predicted octanol–water partition coefficient (Wildman–Crippen LogP) is 3.92. The van der Waals surface area contributed by atoms with Crippen LogP contribution < -0.4 is 10.2 Å². The van der Waals surface area contributed by atoms with Crippen molar-refractivity contribution in [1.29, 1.82) is 0 Å². The lowest BCUT2D eigenvalue weighted by Gasteiger charge is -2.33. The van der Waals surface area contributed by atoms with Crippen LogP contribution in [0, 0.1) is 5.92 Å². The number of carbonyl (C=O) groups is 2. The van der Waals surface area contributed by atoms with Gasteiger partial charge in [0.15, 0.2) is 0 Å². The fourth-order valence-corrected chi connectivity index (χ4v) is 4.07. The maximum absolute atomic E-state index is 12.9. The molecule has 1 atom stereocenters. The smallest absolute Gasteiger partial charge is 0.229 e. The molecule has 5 nitrogen and oxygen atoms in total. The highest BCUT2D eigenvalue weighted by Crippen LogP contribution is 2.32. The largest absolute Gasteiger partial charge is 0.370 e. The maximum atomic E-state index is 12.9. The molecular formula is C20H28ClN3O2. The van der Waals surface area contributed by atoms with Crippen molar-refractivity contribution < 1.29 is 9.59 Å². The first-order valence-corrected chi connectivity index (χ1v) is 10.1. The van der Waals surface area contributed by atoms with Gasteiger partial charge in [0.1, 0.15) is 0 Å². The van der Waals surface area contributed by atoms with Gasteiger partial charge in [-0.3, -0.25) is 9.59 Å². The molecule has 0 aromatic heterocycles. The third kappa shape index (κ3) is 4.50. The summed E-state index contributed by atoms with van der Waals surface area (Å²) >= 11 is 6.19. The molecular weight excluding hydrogens is 350 g/mol. The predicted molar refractivity (Wildman–Crippen MR) is 106 cm³/mol. The Balaban J connectivity index is 1.72. The first-order chi connectivity index (χ1) is 12.6. The highest BCUT2D eigenvalue weighted by molar-refractivity contribution is 6.31. The number of hydrogen-bond donors (Lipinski definition) is 1. The lowest BCUT2D eigenvalue weighted by Crippen LogP contribution is -2.43. The highest BCUT2D eigenvalue weighted by Gasteiger charge is 2.28. The molecule has 6 heteroatoms. The van der Waals surface area contributed by atoms with E-state index in [0.717, 1.165) is 43.9 Å². The second-order valence-corrected chi connectivity index (χ2v) is 7.67. The van der Waals surface area contributed by atoms with Crippen molar-refractivity contribution in [2.75, 3.05) is 36.4 Å². The van der Waals surface area contributed by atoms with E-state index < -0.39 is 0 Å². The SMILES string of the molecule is CCC(=O)N1CCCC(C(=O)Nc2cc(Cl)ccc2N2CCCCC2)C1. The summed E-state index contributed by atoms with van der Waals surface area (Å²) in [6.45, 7) is 5.15. The number of nitrogens with one attached hydrogen (secondary N) is 1. The van der Waals surface area contributed by atoms with Crippen LogP contribution in [0.15, 0.2) is 18.2 Å². The number of nitrogens with zero attached hydrogens (tertiary/aromatic N) is 2. The molecule has 0 spiro atoms. The van der Waals surface area contributed by atoms with Crippen molar-refractivity contribution in [2.45, 2.75) is 45.4 Å². The molecule has 0 saturated carbocycles. The second kappa shape index (κ2) is 8.76. The fourth-order valence-electron chi connectivity index (χ4n) is 3.90. The lowest BCUT2D eigenvalue weighted by atomic mass is 9.96. The van der Waals surface area contributed by atoms with Gasteiger partial charge in [-0.1, -0.05) is 18.5 Å². The molecule has 2 fully saturated rings. The zero-order valence-corrected chi connectivity index (χ0v) is 16.2. The van der Waals surface area contributed by atoms with Gasteiger partial charge in [-0.25, -0.2) is 0 Å². The Hall–Kier alpha value is -1.75. The normalized spacial score (nSPS) is 20.8. The monoisotopic (exact) mass is 377 g/mol. The summed E-state index contributed by atoms with van der Waals surface area (Å²) in [5.41, 5.74) is 1.82. The molecule has 0 radical (unpaired) electrons. The van der Waals surface area contributed by atoms with Crippen molar-refractivity contribution in [3.8, 4) is 0 Å². The molecule has 0 bridgehead atoms. The number of carbonyl (C=O) groups excluding carboxylic acids is 2. The number of piperidine rings is 2. The Morgan fingerprint density at radius 2 is 1.92 bits per heavy atom. The van der Waals surface area contributed by atoms with Crippen LogP contribution in [0.2, 0.25) is 5.02 Å². The third-order valence-corrected chi connectivity index (χ3v) is 5.60. The minimum Gasteiger partial charge on any atom is -0.370 e. The summed E-state index contributed by atoms with van der Waals surface area (Å²) in [4.78, 5) is 29.0. The number of amides is 2. The van der Waals surface area contributed by atoms with Crippen LogP contribution in [0.4, 0.5) is 11.4 Å². The molecule has 0 aliphatic carbocycles. The molecule has 1 N–H and O–H groups in total. The number of anilines is 2. The fraction of sp³-hybridized carbons (Fsp3) is 0.600. The van der Waals surface area contributed by atoms with Crippen molar-refractivity contribution in [2.24, 2.45) is 5.92 Å². The number of benzene rings is 1. The van der Waals surface area contributed by atoms with Gasteiger partial charge in [0, 0.05) is 37.6 Å². The van der Waals surface area contributed by atoms with Crippen molar-refractivity contribution in [1.82, 2.24) is 4.90 Å². The third-order valence-electron chi connectivity index (χ3n) is 5.36. The zero-order valence-electron chi connectivity index (χ0n) is 15.5. The maximum Gasteiger partial charge on any atom is 0.229 e. The van der Waals surface area contributed by atoms with Crippen LogP contribution in [0.3, 0.4) is 0 Å². The molecule has 2 aliphatic heterocycles. The molecule has 2 saturated heterocycles. The molecule has 2 amide bonds. The van der Waals surface area contributed by atoms with Gasteiger partial charge < -0.3 is 15.1 Å². The van der Waals surface area contributed by atoms with Crippen molar-refractivity contribution >= 4 is 34.8 Å². The molecule has 2 heterocycles. The van der Waals surface area contributed by atoms with E-state index in [1.807, 2.05) is 30.0 Å². The summed E-state index contributed by atoms with van der Waals surface area (Å²) in [5, 5.41) is 3.71. The van der Waals surface area contributed by atoms with Crippen LogP contribution >= 0.6 is 11.6 Å². The number of likely N-dealkylation sites (tertiary alicyclic amines) is 1. The molecule has 1 unspecified atom stereocenters. The molecule has 3 rings (SSSR count). The standard InChI is InChI=1S/C20H28ClN3O2/c1-2-19(25)24-12-6-7-15(14-24)20(26)22-17-13-16(21)8-9-18(17)23-10-4-3-5-11-23/h8-9,13,15H,2-7,10-12,14H2,1H3,(H,22,26). The van der Waals surface area contributed by atoms with E-state index in [-0.39, 0.29) is 17.7 Å². The average molecular weight is 378 g/mol. The number of hydrogen-bond acceptors (Lipinski definition) is 3. The Bertz CT molecular complexity index is 658. The minimum absolute atomic E-state index is 0.0147. The van der Waals surface area contributed by atoms with E-state index in [1.54, 1.807) is 0 Å². The number of rotatable bonds is 4. The van der Waals surface area contributed by atoms with E-state index in [1.165, 1.54) is 19.3 Å². The summed E-state index contributed by atoms with van der Waals surface area (Å²) in [7, 11) is 0. The van der Waals surface area contributed by atoms with Crippen LogP contribution in [0.25, 0.3) is 0 Å². The Labute approximate surface area is 160 Å². The molecule has 1 aromatic carbocycles. The lowest BCUT2D eigenvalue weighted by molar-refractivity contribution is -0.134. The molecule has 2 aliphatic rings. The van der Waals surface area contributed by atoms with E-state index in [2.05, 4.69) is 10.2 Å². The van der Waals surface area contributed by atoms with Gasteiger partial charge in [0.05, 0.1) is 17.3 Å². The van der Waals surface area contributed by atoms with Crippen LogP contribution in [0.5, 0.6) is 0 Å². The number of halogens is 1. The molecule has 142 valence electrons. The summed E-state index contributed by atoms with van der Waals surface area (Å²) in [6.07, 6.45) is 5.79. The summed E-state index contributed by atoms with van der Waals surface area (Å²) < 4.78 is 0. The van der Waals surface area contributed by atoms with E-state index in [9.17, 15) is 9.59 Å². The van der Waals surface area contributed by atoms with E-state index >= 15 is 0 Å². The molecule has 26 heavy (non-hydrogen) atoms. The first-order valence-electron chi connectivity index (χ1n) is 9.71. The van der Waals surface area contributed by atoms with Crippen LogP contribution in [-0.2, 0) is 9.59 Å². The Kier molecular flexibility index (Phi) is 6.41. The van der Waals surface area contributed by atoms with Crippen molar-refractivity contribution in [3.63, 3.8) is 0 Å². The van der Waals surface area contributed by atoms with Gasteiger partial charge in [0.25, 0.3) is 0 Å². The van der Waals surface area contributed by atoms with Crippen LogP contribution in [0.1, 0.15) is 45.4 Å². The summed E-state index contributed by atoms with van der Waals surface area (Å²) in [6, 6.07) is 5.71. The zero-order chi connectivity index (χ0) is 18.5. The average Bonchev–Trinajstić information content (AvgIpc) is 2.68. The van der Waals surface area contributed by atoms with Gasteiger partial charge in [-0.15, -0.1) is 0 Å². The second-order valence-electron chi connectivity index (χ2n) is 7.23.